The molecule has 10 heteroatoms. The van der Waals surface area contributed by atoms with Crippen molar-refractivity contribution in [2.24, 2.45) is 0 Å². The number of hydrogen-bond acceptors (Lipinski definition) is 7. The smallest absolute Gasteiger partial charge is 0.252 e. The maximum atomic E-state index is 13.8. The molecule has 1 aliphatic carbocycles. The largest absolute Gasteiger partial charge is 0.507 e. The molecule has 0 radical (unpaired) electrons. The predicted octanol–water partition coefficient (Wildman–Crippen LogP) is 2.68. The minimum Gasteiger partial charge on any atom is -0.507 e. The van der Waals surface area contributed by atoms with Crippen molar-refractivity contribution >= 4 is 5.95 Å². The lowest BCUT2D eigenvalue weighted by Gasteiger charge is -2.27. The number of phenols is 1. The van der Waals surface area contributed by atoms with E-state index < -0.39 is 18.1 Å². The molecule has 0 amide bonds. The zero-order valence-corrected chi connectivity index (χ0v) is 15.9. The van der Waals surface area contributed by atoms with Crippen molar-refractivity contribution < 1.29 is 18.6 Å². The van der Waals surface area contributed by atoms with Crippen LogP contribution in [0.25, 0.3) is 16.9 Å². The highest BCUT2D eigenvalue weighted by molar-refractivity contribution is 5.68. The lowest BCUT2D eigenvalue weighted by molar-refractivity contribution is -0.00992. The molecule has 4 rings (SSSR count). The Hall–Kier alpha value is -3.14. The predicted molar refractivity (Wildman–Crippen MR) is 101 cm³/mol. The summed E-state index contributed by atoms with van der Waals surface area (Å²) in [5, 5.41) is 18.6. The van der Waals surface area contributed by atoms with Gasteiger partial charge in [0.25, 0.3) is 5.92 Å². The van der Waals surface area contributed by atoms with Gasteiger partial charge in [-0.3, -0.25) is 0 Å². The summed E-state index contributed by atoms with van der Waals surface area (Å²) in [4.78, 5) is 9.79. The second kappa shape index (κ2) is 7.36. The molecule has 0 spiro atoms. The first-order valence-corrected chi connectivity index (χ1v) is 9.03. The number of hydrogen-bond donors (Lipinski definition) is 1. The van der Waals surface area contributed by atoms with E-state index in [1.807, 2.05) is 6.07 Å². The van der Waals surface area contributed by atoms with Gasteiger partial charge in [0.05, 0.1) is 30.4 Å². The Bertz CT molecular complexity index is 981. The van der Waals surface area contributed by atoms with Crippen LogP contribution in [0, 0.1) is 0 Å². The van der Waals surface area contributed by atoms with Gasteiger partial charge < -0.3 is 19.3 Å². The third kappa shape index (κ3) is 3.75. The fourth-order valence-corrected chi connectivity index (χ4v) is 3.59. The number of phenolic OH excluding ortho intramolecular Hbond substituents is 1. The van der Waals surface area contributed by atoms with Crippen LogP contribution in [-0.2, 0) is 4.74 Å². The summed E-state index contributed by atoms with van der Waals surface area (Å²) in [6.45, 7) is 0. The first-order valence-electron chi connectivity index (χ1n) is 9.03. The molecule has 1 N–H and O–H groups in total. The van der Waals surface area contributed by atoms with E-state index in [0.717, 1.165) is 5.69 Å². The highest BCUT2D eigenvalue weighted by Crippen LogP contribution is 2.39. The number of benzene rings is 1. The second-order valence-electron chi connectivity index (χ2n) is 7.03. The van der Waals surface area contributed by atoms with Crippen molar-refractivity contribution in [3.63, 3.8) is 0 Å². The standard InChI is InChI=1S/C19H20F2N6O2/c1-26(15-8-19(20,21)9-17(15)29-2)18-23-10-14(24-25-18)13-4-3-12(7-16(13)28)27-6-5-22-11-27/h3-7,10-11,15,17,28H,8-9H2,1-2H3/t15-,17-/m0/s1. The number of anilines is 1. The Balaban J connectivity index is 1.55. The Morgan fingerprint density at radius 2 is 2.10 bits per heavy atom. The molecule has 1 saturated carbocycles. The van der Waals surface area contributed by atoms with Gasteiger partial charge in [-0.15, -0.1) is 10.2 Å². The van der Waals surface area contributed by atoms with Gasteiger partial charge in [-0.05, 0) is 12.1 Å². The third-order valence-electron chi connectivity index (χ3n) is 5.16. The van der Waals surface area contributed by atoms with Crippen LogP contribution in [-0.4, -0.2) is 62.1 Å². The van der Waals surface area contributed by atoms with E-state index in [1.165, 1.54) is 13.3 Å². The fourth-order valence-electron chi connectivity index (χ4n) is 3.59. The summed E-state index contributed by atoms with van der Waals surface area (Å²) < 4.78 is 34.5. The maximum absolute atomic E-state index is 13.8. The Labute approximate surface area is 165 Å². The van der Waals surface area contributed by atoms with Crippen LogP contribution < -0.4 is 4.90 Å². The van der Waals surface area contributed by atoms with Gasteiger partial charge in [-0.2, -0.15) is 0 Å². The van der Waals surface area contributed by atoms with E-state index in [9.17, 15) is 13.9 Å². The quantitative estimate of drug-likeness (QED) is 0.702. The highest BCUT2D eigenvalue weighted by atomic mass is 19.3. The molecule has 2 aromatic heterocycles. The first kappa shape index (κ1) is 19.2. The number of methoxy groups -OCH3 is 1. The van der Waals surface area contributed by atoms with Crippen molar-refractivity contribution in [1.82, 2.24) is 24.7 Å². The van der Waals surface area contributed by atoms with Gasteiger partial charge in [0.1, 0.15) is 11.4 Å². The molecule has 0 unspecified atom stereocenters. The number of ether oxygens (including phenoxy) is 1. The average Bonchev–Trinajstić information content (AvgIpc) is 3.35. The van der Waals surface area contributed by atoms with Crippen LogP contribution in [0.1, 0.15) is 12.8 Å². The number of alkyl halides is 2. The molecule has 29 heavy (non-hydrogen) atoms. The number of nitrogens with zero attached hydrogens (tertiary/aromatic N) is 6. The summed E-state index contributed by atoms with van der Waals surface area (Å²) >= 11 is 0. The van der Waals surface area contributed by atoms with Gasteiger partial charge in [0, 0.05) is 51.0 Å². The first-order chi connectivity index (χ1) is 13.9. The number of aromatic hydroxyl groups is 1. The van der Waals surface area contributed by atoms with E-state index >= 15 is 0 Å². The Morgan fingerprint density at radius 3 is 2.72 bits per heavy atom. The van der Waals surface area contributed by atoms with E-state index in [1.54, 1.807) is 47.4 Å². The summed E-state index contributed by atoms with van der Waals surface area (Å²) in [6.07, 6.45) is 5.22. The van der Waals surface area contributed by atoms with Gasteiger partial charge in [-0.25, -0.2) is 18.7 Å². The van der Waals surface area contributed by atoms with Crippen LogP contribution in [0.3, 0.4) is 0 Å². The molecule has 2 heterocycles. The molecule has 0 saturated heterocycles. The molecule has 8 nitrogen and oxygen atoms in total. The van der Waals surface area contributed by atoms with Crippen molar-refractivity contribution in [3.05, 3.63) is 43.1 Å². The van der Waals surface area contributed by atoms with Crippen LogP contribution in [0.4, 0.5) is 14.7 Å². The third-order valence-corrected chi connectivity index (χ3v) is 5.16. The minimum atomic E-state index is -2.78. The van der Waals surface area contributed by atoms with Gasteiger partial charge in [-0.1, -0.05) is 0 Å². The zero-order chi connectivity index (χ0) is 20.6. The topological polar surface area (TPSA) is 89.2 Å². The summed E-state index contributed by atoms with van der Waals surface area (Å²) in [5.74, 6) is -2.55. The molecule has 1 aromatic carbocycles. The molecule has 0 bridgehead atoms. The lowest BCUT2D eigenvalue weighted by Crippen LogP contribution is -2.39. The number of likely N-dealkylation sites (N-methyl/N-ethyl adjacent to an activating group) is 1. The monoisotopic (exact) mass is 402 g/mol. The maximum Gasteiger partial charge on any atom is 0.252 e. The van der Waals surface area contributed by atoms with Crippen molar-refractivity contribution in [1.29, 1.82) is 0 Å². The van der Waals surface area contributed by atoms with Gasteiger partial charge >= 0.3 is 0 Å². The average molecular weight is 402 g/mol. The van der Waals surface area contributed by atoms with Crippen molar-refractivity contribution in [2.45, 2.75) is 30.9 Å². The normalized spacial score (nSPS) is 20.7. The van der Waals surface area contributed by atoms with Crippen LogP contribution in [0.15, 0.2) is 43.1 Å². The van der Waals surface area contributed by atoms with E-state index in [4.69, 9.17) is 4.74 Å². The summed E-state index contributed by atoms with van der Waals surface area (Å²) in [5.41, 5.74) is 1.58. The molecular weight excluding hydrogens is 382 g/mol. The molecule has 2 atom stereocenters. The highest BCUT2D eigenvalue weighted by Gasteiger charge is 2.48. The van der Waals surface area contributed by atoms with Crippen LogP contribution in [0.5, 0.6) is 5.75 Å². The summed E-state index contributed by atoms with van der Waals surface area (Å²) in [6, 6.07) is 4.55. The number of aromatic nitrogens is 5. The zero-order valence-electron chi connectivity index (χ0n) is 15.9. The van der Waals surface area contributed by atoms with E-state index in [0.29, 0.717) is 11.3 Å². The molecule has 1 aliphatic rings. The lowest BCUT2D eigenvalue weighted by atomic mass is 10.1. The summed E-state index contributed by atoms with van der Waals surface area (Å²) in [7, 11) is 3.07. The van der Waals surface area contributed by atoms with Crippen LogP contribution in [0.2, 0.25) is 0 Å². The SMILES string of the molecule is CO[C@H]1CC(F)(F)C[C@@H]1N(C)c1ncc(-c2ccc(-n3ccnc3)cc2O)nn1. The number of rotatable bonds is 5. The van der Waals surface area contributed by atoms with Gasteiger partial charge in [0.2, 0.25) is 5.95 Å². The minimum absolute atomic E-state index is 0.0169. The van der Waals surface area contributed by atoms with Crippen LogP contribution >= 0.6 is 0 Å². The Morgan fingerprint density at radius 1 is 1.28 bits per heavy atom. The molecule has 152 valence electrons. The van der Waals surface area contributed by atoms with E-state index in [-0.39, 0.29) is 24.5 Å². The number of halogens is 2. The van der Waals surface area contributed by atoms with Crippen molar-refractivity contribution in [3.8, 4) is 22.7 Å². The fraction of sp³-hybridized carbons (Fsp3) is 0.368. The van der Waals surface area contributed by atoms with E-state index in [2.05, 4.69) is 20.2 Å². The second-order valence-corrected chi connectivity index (χ2v) is 7.03. The molecular formula is C19H20F2N6O2. The van der Waals surface area contributed by atoms with Gasteiger partial charge in [0.15, 0.2) is 0 Å². The van der Waals surface area contributed by atoms with Crippen molar-refractivity contribution in [2.75, 3.05) is 19.1 Å². The Kier molecular flexibility index (Phi) is 4.87. The number of imidazole rings is 1. The molecule has 1 fully saturated rings. The molecule has 0 aliphatic heterocycles. The molecule has 3 aromatic rings.